The topological polar surface area (TPSA) is 75.4 Å². The maximum absolute atomic E-state index is 13.1. The molecule has 0 bridgehead atoms. The lowest BCUT2D eigenvalue weighted by atomic mass is 10.0. The largest absolute Gasteiger partial charge is 0.350 e. The van der Waals surface area contributed by atoms with Gasteiger partial charge in [-0.25, -0.2) is 14.4 Å². The van der Waals surface area contributed by atoms with Crippen molar-refractivity contribution < 1.29 is 9.18 Å². The molecule has 0 unspecified atom stereocenters. The molecule has 3 heterocycles. The molecule has 1 saturated heterocycles. The van der Waals surface area contributed by atoms with Crippen LogP contribution in [-0.4, -0.2) is 52.5 Å². The second-order valence-corrected chi connectivity index (χ2v) is 9.10. The smallest absolute Gasteiger partial charge is 0.239 e. The number of carbonyl (C=O) groups is 1. The van der Waals surface area contributed by atoms with Crippen molar-refractivity contribution in [1.82, 2.24) is 14.9 Å². The van der Waals surface area contributed by atoms with Crippen molar-refractivity contribution in [3.8, 4) is 0 Å². The summed E-state index contributed by atoms with van der Waals surface area (Å²) >= 11 is 1.88. The van der Waals surface area contributed by atoms with E-state index in [9.17, 15) is 9.18 Å². The number of rotatable bonds is 4. The number of aromatic nitrogens is 2. The number of hydrogen-bond acceptors (Lipinski definition) is 6. The van der Waals surface area contributed by atoms with Crippen molar-refractivity contribution in [2.45, 2.75) is 43.4 Å². The number of benzene rings is 1. The zero-order valence-electron chi connectivity index (χ0n) is 16.7. The van der Waals surface area contributed by atoms with Gasteiger partial charge in [0.1, 0.15) is 18.0 Å². The van der Waals surface area contributed by atoms with Crippen LogP contribution < -0.4 is 10.6 Å². The van der Waals surface area contributed by atoms with E-state index in [0.29, 0.717) is 24.8 Å². The molecule has 2 aliphatic rings. The Morgan fingerprint density at radius 3 is 2.76 bits per heavy atom. The second kappa shape index (κ2) is 8.28. The van der Waals surface area contributed by atoms with Gasteiger partial charge in [0.25, 0.3) is 0 Å². The van der Waals surface area contributed by atoms with E-state index in [1.54, 1.807) is 18.5 Å². The zero-order chi connectivity index (χ0) is 20.5. The highest BCUT2D eigenvalue weighted by Crippen LogP contribution is 2.44. The molecular weight excluding hydrogens is 389 g/mol. The monoisotopic (exact) mass is 415 g/mol. The van der Waals surface area contributed by atoms with E-state index in [1.807, 2.05) is 16.7 Å². The quantitative estimate of drug-likeness (QED) is 0.827. The van der Waals surface area contributed by atoms with Gasteiger partial charge >= 0.3 is 0 Å². The van der Waals surface area contributed by atoms with Crippen molar-refractivity contribution >= 4 is 23.5 Å². The van der Waals surface area contributed by atoms with Gasteiger partial charge in [0.15, 0.2) is 0 Å². The maximum atomic E-state index is 13.1. The predicted molar refractivity (Wildman–Crippen MR) is 113 cm³/mol. The number of hydrogen-bond donors (Lipinski definition) is 1. The molecule has 0 saturated carbocycles. The van der Waals surface area contributed by atoms with Crippen LogP contribution in [0.25, 0.3) is 0 Å². The van der Waals surface area contributed by atoms with Crippen molar-refractivity contribution in [3.63, 3.8) is 0 Å². The molecule has 4 rings (SSSR count). The van der Waals surface area contributed by atoms with E-state index in [4.69, 9.17) is 5.73 Å². The molecule has 2 aliphatic heterocycles. The molecule has 3 atom stereocenters. The third kappa shape index (κ3) is 4.09. The normalized spacial score (nSPS) is 22.5. The van der Waals surface area contributed by atoms with Crippen LogP contribution in [0.3, 0.4) is 0 Å². The van der Waals surface area contributed by atoms with Gasteiger partial charge in [-0.05, 0) is 38.0 Å². The van der Waals surface area contributed by atoms with Crippen LogP contribution in [0.1, 0.15) is 35.9 Å². The molecule has 8 heteroatoms. The molecule has 0 aliphatic carbocycles. The van der Waals surface area contributed by atoms with Gasteiger partial charge in [-0.2, -0.15) is 0 Å². The number of nitrogens with two attached hydrogens (primary N) is 1. The number of carbonyl (C=O) groups excluding carboxylic acids is 1. The summed E-state index contributed by atoms with van der Waals surface area (Å²) in [6.07, 6.45) is 2.05. The summed E-state index contributed by atoms with van der Waals surface area (Å²) in [6, 6.07) is 5.66. The van der Waals surface area contributed by atoms with Crippen LogP contribution in [0.15, 0.2) is 30.6 Å². The highest BCUT2D eigenvalue weighted by molar-refractivity contribution is 7.99. The Bertz CT molecular complexity index is 893. The summed E-state index contributed by atoms with van der Waals surface area (Å²) in [4.78, 5) is 26.0. The van der Waals surface area contributed by atoms with Crippen LogP contribution in [0.2, 0.25) is 0 Å². The van der Waals surface area contributed by atoms with Crippen LogP contribution in [0.5, 0.6) is 0 Å². The third-order valence-corrected chi connectivity index (χ3v) is 6.90. The van der Waals surface area contributed by atoms with Gasteiger partial charge in [-0.3, -0.25) is 4.79 Å². The molecule has 154 valence electrons. The average molecular weight is 416 g/mol. The van der Waals surface area contributed by atoms with E-state index in [1.165, 1.54) is 17.7 Å². The maximum Gasteiger partial charge on any atom is 0.239 e. The predicted octanol–water partition coefficient (Wildman–Crippen LogP) is 2.53. The second-order valence-electron chi connectivity index (χ2n) is 7.77. The Labute approximate surface area is 174 Å². The fourth-order valence-electron chi connectivity index (χ4n) is 4.14. The van der Waals surface area contributed by atoms with E-state index in [0.717, 1.165) is 29.4 Å². The lowest BCUT2D eigenvalue weighted by molar-refractivity contribution is -0.133. The fraction of sp³-hybridized carbons (Fsp3) is 0.476. The van der Waals surface area contributed by atoms with Crippen LogP contribution in [0.4, 0.5) is 10.2 Å². The molecule has 0 radical (unpaired) electrons. The first kappa shape index (κ1) is 20.1. The van der Waals surface area contributed by atoms with Gasteiger partial charge in [0, 0.05) is 42.2 Å². The molecule has 1 amide bonds. The van der Waals surface area contributed by atoms with Gasteiger partial charge in [-0.1, -0.05) is 12.1 Å². The Hall–Kier alpha value is -2.19. The summed E-state index contributed by atoms with van der Waals surface area (Å²) in [5, 5.41) is 0.386. The van der Waals surface area contributed by atoms with E-state index >= 15 is 0 Å². The minimum atomic E-state index is -0.626. The van der Waals surface area contributed by atoms with Gasteiger partial charge < -0.3 is 15.5 Å². The minimum absolute atomic E-state index is 0.0577. The molecule has 1 aromatic carbocycles. The van der Waals surface area contributed by atoms with Gasteiger partial charge in [0.05, 0.1) is 11.7 Å². The number of fused-ring (bicyclic) bond motifs is 1. The van der Waals surface area contributed by atoms with Gasteiger partial charge in [-0.15, -0.1) is 11.8 Å². The third-order valence-electron chi connectivity index (χ3n) is 5.72. The summed E-state index contributed by atoms with van der Waals surface area (Å²) < 4.78 is 13.1. The first-order valence-electron chi connectivity index (χ1n) is 9.95. The van der Waals surface area contributed by atoms with Crippen molar-refractivity contribution in [2.24, 2.45) is 5.73 Å². The molecule has 2 aromatic rings. The first-order valence-corrected chi connectivity index (χ1v) is 11.0. The lowest BCUT2D eigenvalue weighted by Gasteiger charge is -2.42. The number of anilines is 1. The SMILES string of the molecule is C[C@@H]1SCc2ncnc(N3CCN(C(=O)[C@H](N)Cc4ccc(F)cc4)C[C@@H]3C)c21. The molecular formula is C21H26FN5OS. The first-order chi connectivity index (χ1) is 13.9. The lowest BCUT2D eigenvalue weighted by Crippen LogP contribution is -2.57. The van der Waals surface area contributed by atoms with E-state index < -0.39 is 6.04 Å². The van der Waals surface area contributed by atoms with Crippen LogP contribution >= 0.6 is 11.8 Å². The molecule has 1 fully saturated rings. The summed E-state index contributed by atoms with van der Waals surface area (Å²) in [5.74, 6) is 1.58. The van der Waals surface area contributed by atoms with Crippen LogP contribution in [0, 0.1) is 5.82 Å². The summed E-state index contributed by atoms with van der Waals surface area (Å²) in [7, 11) is 0. The Kier molecular flexibility index (Phi) is 5.74. The highest BCUT2D eigenvalue weighted by atomic mass is 32.2. The molecule has 6 nitrogen and oxygen atoms in total. The standard InChI is InChI=1S/C21H26FN5OS/c1-13-10-26(21(28)17(23)9-15-3-5-16(22)6-4-15)7-8-27(13)20-19-14(2)29-11-18(19)24-12-25-20/h3-6,12-14,17H,7-11,23H2,1-2H3/t13-,14-,17+/m0/s1. The molecule has 0 spiro atoms. The summed E-state index contributed by atoms with van der Waals surface area (Å²) in [5.41, 5.74) is 9.40. The number of piperazine rings is 1. The van der Waals surface area contributed by atoms with Crippen molar-refractivity contribution in [3.05, 3.63) is 53.2 Å². The molecule has 2 N–H and O–H groups in total. The summed E-state index contributed by atoms with van der Waals surface area (Å²) in [6.45, 7) is 6.25. The number of halogens is 1. The van der Waals surface area contributed by atoms with Crippen molar-refractivity contribution in [1.29, 1.82) is 0 Å². The van der Waals surface area contributed by atoms with E-state index in [-0.39, 0.29) is 17.8 Å². The molecule has 29 heavy (non-hydrogen) atoms. The Balaban J connectivity index is 1.42. The minimum Gasteiger partial charge on any atom is -0.350 e. The average Bonchev–Trinajstić information content (AvgIpc) is 3.10. The van der Waals surface area contributed by atoms with Crippen molar-refractivity contribution in [2.75, 3.05) is 24.5 Å². The Morgan fingerprint density at radius 1 is 1.28 bits per heavy atom. The number of nitrogens with zero attached hydrogens (tertiary/aromatic N) is 4. The molecule has 1 aromatic heterocycles. The fourth-order valence-corrected chi connectivity index (χ4v) is 5.18. The van der Waals surface area contributed by atoms with Gasteiger partial charge in [0.2, 0.25) is 5.91 Å². The highest BCUT2D eigenvalue weighted by Gasteiger charge is 2.34. The zero-order valence-corrected chi connectivity index (χ0v) is 17.5. The number of thioether (sulfide) groups is 1. The number of amides is 1. The van der Waals surface area contributed by atoms with Crippen LogP contribution in [-0.2, 0) is 17.0 Å². The Morgan fingerprint density at radius 2 is 2.03 bits per heavy atom. The van der Waals surface area contributed by atoms with E-state index in [2.05, 4.69) is 28.7 Å².